The lowest BCUT2D eigenvalue weighted by molar-refractivity contribution is 0.474. The summed E-state index contributed by atoms with van der Waals surface area (Å²) >= 11 is 0. The van der Waals surface area contributed by atoms with E-state index in [-0.39, 0.29) is 0 Å². The summed E-state index contributed by atoms with van der Waals surface area (Å²) in [6.45, 7) is 4.80. The van der Waals surface area contributed by atoms with Crippen molar-refractivity contribution in [1.82, 2.24) is 0 Å². The van der Waals surface area contributed by atoms with E-state index in [1.165, 1.54) is 33.7 Å². The highest BCUT2D eigenvalue weighted by Gasteiger charge is 2.27. The number of benzene rings is 2. The molecule has 0 fully saturated rings. The first-order chi connectivity index (χ1) is 9.67. The fourth-order valence-electron chi connectivity index (χ4n) is 3.95. The Bertz CT molecular complexity index is 898. The Morgan fingerprint density at radius 1 is 0.850 bits per heavy atom. The van der Waals surface area contributed by atoms with Gasteiger partial charge in [0.1, 0.15) is 0 Å². The molecule has 2 aromatic rings. The van der Waals surface area contributed by atoms with Crippen molar-refractivity contribution < 1.29 is 0 Å². The molecule has 0 spiro atoms. The molecule has 0 heterocycles. The average Bonchev–Trinajstić information content (AvgIpc) is 2.46. The van der Waals surface area contributed by atoms with Crippen molar-refractivity contribution in [2.45, 2.75) is 38.5 Å². The van der Waals surface area contributed by atoms with Crippen LogP contribution in [0.5, 0.6) is 0 Å². The van der Waals surface area contributed by atoms with Gasteiger partial charge in [0.25, 0.3) is 0 Å². The second-order valence-electron chi connectivity index (χ2n) is 6.68. The summed E-state index contributed by atoms with van der Waals surface area (Å²) in [6.07, 6.45) is 8.36. The van der Waals surface area contributed by atoms with Crippen LogP contribution in [-0.4, -0.2) is 0 Å². The van der Waals surface area contributed by atoms with Crippen molar-refractivity contribution in [2.24, 2.45) is 0 Å². The Kier molecular flexibility index (Phi) is 2.44. The van der Waals surface area contributed by atoms with E-state index in [0.717, 1.165) is 6.42 Å². The molecule has 2 aromatic carbocycles. The Labute approximate surface area is 119 Å². The number of hydrogen-bond donors (Lipinski definition) is 0. The molecule has 0 unspecified atom stereocenters. The number of rotatable bonds is 0. The molecule has 100 valence electrons. The molecule has 0 saturated carbocycles. The maximum atomic E-state index is 2.42. The average molecular weight is 260 g/mol. The molecule has 0 radical (unpaired) electrons. The summed E-state index contributed by atoms with van der Waals surface area (Å²) < 4.78 is 0. The van der Waals surface area contributed by atoms with Crippen molar-refractivity contribution >= 4 is 12.2 Å². The molecular formula is C20H20. The van der Waals surface area contributed by atoms with E-state index in [9.17, 15) is 0 Å². The third-order valence-electron chi connectivity index (χ3n) is 4.93. The molecule has 20 heavy (non-hydrogen) atoms. The van der Waals surface area contributed by atoms with Crippen LogP contribution in [0.2, 0.25) is 0 Å². The Hall–Kier alpha value is -1.82. The highest BCUT2D eigenvalue weighted by molar-refractivity contribution is 5.50. The smallest absolute Gasteiger partial charge is 0.00789 e. The minimum absolute atomic E-state index is 0.301. The summed E-state index contributed by atoms with van der Waals surface area (Å²) in [6, 6.07) is 13.4. The van der Waals surface area contributed by atoms with Gasteiger partial charge in [0.15, 0.2) is 0 Å². The van der Waals surface area contributed by atoms with Crippen LogP contribution in [-0.2, 0) is 11.8 Å². The van der Waals surface area contributed by atoms with Gasteiger partial charge in [0, 0.05) is 0 Å². The van der Waals surface area contributed by atoms with Crippen LogP contribution in [0, 0.1) is 10.4 Å². The van der Waals surface area contributed by atoms with Gasteiger partial charge in [-0.3, -0.25) is 0 Å². The van der Waals surface area contributed by atoms with E-state index in [4.69, 9.17) is 0 Å². The summed E-state index contributed by atoms with van der Waals surface area (Å²) in [5, 5.41) is 5.70. The van der Waals surface area contributed by atoms with Gasteiger partial charge < -0.3 is 0 Å². The molecule has 0 N–H and O–H groups in total. The third-order valence-corrected chi connectivity index (χ3v) is 4.93. The van der Waals surface area contributed by atoms with E-state index in [0.29, 0.717) is 5.41 Å². The van der Waals surface area contributed by atoms with Crippen molar-refractivity contribution in [3.05, 3.63) is 68.4 Å². The molecule has 2 aliphatic carbocycles. The topological polar surface area (TPSA) is 0 Å². The molecule has 0 heteroatoms. The first-order valence-electron chi connectivity index (χ1n) is 7.59. The number of fused-ring (bicyclic) bond motifs is 4. The van der Waals surface area contributed by atoms with Crippen LogP contribution in [0.4, 0.5) is 0 Å². The summed E-state index contributed by atoms with van der Waals surface area (Å²) in [7, 11) is 0. The molecule has 0 bridgehead atoms. The van der Waals surface area contributed by atoms with Crippen LogP contribution in [0.15, 0.2) is 36.4 Å². The zero-order valence-corrected chi connectivity index (χ0v) is 12.2. The lowest BCUT2D eigenvalue weighted by atomic mass is 9.73. The van der Waals surface area contributed by atoms with E-state index in [2.05, 4.69) is 62.4 Å². The van der Waals surface area contributed by atoms with Gasteiger partial charge in [-0.05, 0) is 56.7 Å². The Balaban J connectivity index is 2.25. The molecule has 2 aliphatic rings. The van der Waals surface area contributed by atoms with E-state index < -0.39 is 0 Å². The van der Waals surface area contributed by atoms with Crippen LogP contribution in [0.1, 0.15) is 37.8 Å². The van der Waals surface area contributed by atoms with Gasteiger partial charge in [-0.2, -0.15) is 0 Å². The predicted molar refractivity (Wildman–Crippen MR) is 84.7 cm³/mol. The van der Waals surface area contributed by atoms with E-state index >= 15 is 0 Å². The largest absolute Gasteiger partial charge is 0.0769 e. The fraction of sp³-hybridized carbons (Fsp3) is 0.300. The monoisotopic (exact) mass is 260 g/mol. The van der Waals surface area contributed by atoms with Crippen molar-refractivity contribution in [1.29, 1.82) is 0 Å². The van der Waals surface area contributed by atoms with Gasteiger partial charge in [0.2, 0.25) is 0 Å². The zero-order valence-electron chi connectivity index (χ0n) is 12.2. The third kappa shape index (κ3) is 1.61. The molecule has 0 aromatic heterocycles. The molecule has 0 saturated heterocycles. The molecular weight excluding hydrogens is 240 g/mol. The molecule has 0 amide bonds. The van der Waals surface area contributed by atoms with Crippen LogP contribution < -0.4 is 10.4 Å². The first kappa shape index (κ1) is 12.0. The fourth-order valence-corrected chi connectivity index (χ4v) is 3.95. The maximum Gasteiger partial charge on any atom is -0.00789 e. The highest BCUT2D eigenvalue weighted by Crippen LogP contribution is 2.32. The van der Waals surface area contributed by atoms with Crippen molar-refractivity contribution in [2.75, 3.05) is 0 Å². The lowest BCUT2D eigenvalue weighted by Crippen LogP contribution is -2.32. The maximum absolute atomic E-state index is 2.42. The zero-order chi connectivity index (χ0) is 13.7. The first-order valence-corrected chi connectivity index (χ1v) is 7.59. The summed E-state index contributed by atoms with van der Waals surface area (Å²) in [4.78, 5) is 0. The second kappa shape index (κ2) is 4.09. The van der Waals surface area contributed by atoms with Gasteiger partial charge in [0.05, 0.1) is 0 Å². The molecule has 0 atom stereocenters. The summed E-state index contributed by atoms with van der Waals surface area (Å²) in [5.74, 6) is 0. The van der Waals surface area contributed by atoms with E-state index in [1.54, 1.807) is 11.1 Å². The van der Waals surface area contributed by atoms with Crippen molar-refractivity contribution in [3.8, 4) is 0 Å². The molecule has 4 rings (SSSR count). The van der Waals surface area contributed by atoms with Crippen molar-refractivity contribution in [3.63, 3.8) is 0 Å². The highest BCUT2D eigenvalue weighted by atomic mass is 14.3. The Morgan fingerprint density at radius 3 is 2.60 bits per heavy atom. The Morgan fingerprint density at radius 2 is 1.70 bits per heavy atom. The number of hydrogen-bond acceptors (Lipinski definition) is 0. The standard InChI is InChI=1S/C20H20/c1-20(2)13-5-7-15-10-11-17-16-8-4-3-6-14(16)9-12-18(17)19(15)20/h3-4,6-11H,5,12-13H2,1-2H3. The minimum Gasteiger partial charge on any atom is -0.0769 e. The summed E-state index contributed by atoms with van der Waals surface area (Å²) in [5.41, 5.74) is 3.45. The normalized spacial score (nSPS) is 18.1. The van der Waals surface area contributed by atoms with Crippen LogP contribution >= 0.6 is 0 Å². The van der Waals surface area contributed by atoms with Gasteiger partial charge in [-0.1, -0.05) is 62.4 Å². The van der Waals surface area contributed by atoms with Crippen LogP contribution in [0.3, 0.4) is 0 Å². The SMILES string of the molecule is CC1(C)CCC=c2ccc3c(c21)CC=c1ccccc1=3. The van der Waals surface area contributed by atoms with Gasteiger partial charge in [-0.25, -0.2) is 0 Å². The van der Waals surface area contributed by atoms with Gasteiger partial charge >= 0.3 is 0 Å². The minimum atomic E-state index is 0.301. The molecule has 0 nitrogen and oxygen atoms in total. The van der Waals surface area contributed by atoms with Gasteiger partial charge in [-0.15, -0.1) is 0 Å². The van der Waals surface area contributed by atoms with Crippen LogP contribution in [0.25, 0.3) is 12.2 Å². The lowest BCUT2D eigenvalue weighted by Gasteiger charge is -2.32. The quantitative estimate of drug-likeness (QED) is 0.682. The van der Waals surface area contributed by atoms with E-state index in [1.807, 2.05) is 0 Å². The predicted octanol–water partition coefficient (Wildman–Crippen LogP) is 3.16. The second-order valence-corrected chi connectivity index (χ2v) is 6.68. The molecule has 0 aliphatic heterocycles.